The number of hydrogen-bond acceptors (Lipinski definition) is 6. The maximum absolute atomic E-state index is 12.9. The molecule has 0 amide bonds. The van der Waals surface area contributed by atoms with Crippen LogP contribution in [-0.4, -0.2) is 61.1 Å². The minimum Gasteiger partial charge on any atom is -0.497 e. The number of rotatable bonds is 5. The molecule has 2 aromatic rings. The predicted molar refractivity (Wildman–Crippen MR) is 99.7 cm³/mol. The Bertz CT molecular complexity index is 919. The number of methoxy groups -OCH3 is 1. The number of benzene rings is 1. The highest BCUT2D eigenvalue weighted by Crippen LogP contribution is 2.27. The van der Waals surface area contributed by atoms with Crippen molar-refractivity contribution in [2.75, 3.05) is 33.3 Å². The van der Waals surface area contributed by atoms with Gasteiger partial charge in [0, 0.05) is 26.2 Å². The average Bonchev–Trinajstić information content (AvgIpc) is 3.02. The SMILES string of the molecule is COc1ccc(C(C#N)N2CCN(S(=O)(=O)c3c(C)n[nH]c3C)CC2)cc1. The van der Waals surface area contributed by atoms with Crippen LogP contribution >= 0.6 is 0 Å². The molecule has 8 nitrogen and oxygen atoms in total. The van der Waals surface area contributed by atoms with Gasteiger partial charge in [0.05, 0.1) is 24.6 Å². The van der Waals surface area contributed by atoms with E-state index in [4.69, 9.17) is 4.74 Å². The zero-order valence-electron chi connectivity index (χ0n) is 15.6. The number of nitrogens with one attached hydrogen (secondary N) is 1. The van der Waals surface area contributed by atoms with E-state index in [0.29, 0.717) is 37.6 Å². The van der Waals surface area contributed by atoms with E-state index in [9.17, 15) is 13.7 Å². The molecule has 0 bridgehead atoms. The largest absolute Gasteiger partial charge is 0.497 e. The van der Waals surface area contributed by atoms with Crippen LogP contribution in [0.4, 0.5) is 0 Å². The lowest BCUT2D eigenvalue weighted by atomic mass is 10.1. The first-order valence-corrected chi connectivity index (χ1v) is 10.1. The fourth-order valence-electron chi connectivity index (χ4n) is 3.41. The van der Waals surface area contributed by atoms with Crippen LogP contribution in [0.1, 0.15) is 23.0 Å². The number of H-pyrrole nitrogens is 1. The molecule has 1 N–H and O–H groups in total. The maximum Gasteiger partial charge on any atom is 0.246 e. The lowest BCUT2D eigenvalue weighted by molar-refractivity contribution is 0.162. The molecule has 0 spiro atoms. The second-order valence-corrected chi connectivity index (χ2v) is 8.38. The molecule has 1 aromatic heterocycles. The quantitative estimate of drug-likeness (QED) is 0.833. The molecular weight excluding hydrogens is 366 g/mol. The fraction of sp³-hybridized carbons (Fsp3) is 0.444. The number of nitriles is 1. The summed E-state index contributed by atoms with van der Waals surface area (Å²) in [7, 11) is -2.00. The first kappa shape index (κ1) is 19.4. The van der Waals surface area contributed by atoms with Gasteiger partial charge in [0.1, 0.15) is 16.7 Å². The molecule has 0 aliphatic carbocycles. The van der Waals surface area contributed by atoms with Crippen molar-refractivity contribution in [1.82, 2.24) is 19.4 Å². The van der Waals surface area contributed by atoms with Gasteiger partial charge in [0.15, 0.2) is 0 Å². The average molecular weight is 389 g/mol. The van der Waals surface area contributed by atoms with Crippen molar-refractivity contribution >= 4 is 10.0 Å². The number of nitrogens with zero attached hydrogens (tertiary/aromatic N) is 4. The van der Waals surface area contributed by atoms with Crippen molar-refractivity contribution in [3.8, 4) is 11.8 Å². The van der Waals surface area contributed by atoms with Crippen LogP contribution in [-0.2, 0) is 10.0 Å². The standard InChI is InChI=1S/C18H23N5O3S/c1-13-18(14(2)21-20-13)27(24,25)23-10-8-22(9-11-23)17(12-19)15-4-6-16(26-3)7-5-15/h4-7,17H,8-11H2,1-3H3,(H,20,21). The third-order valence-electron chi connectivity index (χ3n) is 4.85. The first-order chi connectivity index (χ1) is 12.9. The Morgan fingerprint density at radius 3 is 2.30 bits per heavy atom. The molecule has 1 atom stereocenters. The van der Waals surface area contributed by atoms with Gasteiger partial charge in [-0.25, -0.2) is 8.42 Å². The monoisotopic (exact) mass is 389 g/mol. The van der Waals surface area contributed by atoms with Crippen molar-refractivity contribution in [1.29, 1.82) is 5.26 Å². The normalized spacial score (nSPS) is 17.4. The number of aryl methyl sites for hydroxylation is 2. The number of ether oxygens (including phenoxy) is 1. The molecule has 1 aliphatic heterocycles. The summed E-state index contributed by atoms with van der Waals surface area (Å²) < 4.78 is 32.5. The number of piperazine rings is 1. The van der Waals surface area contributed by atoms with E-state index in [1.165, 1.54) is 4.31 Å². The summed E-state index contributed by atoms with van der Waals surface area (Å²) in [5.41, 5.74) is 1.89. The van der Waals surface area contributed by atoms with E-state index in [1.54, 1.807) is 21.0 Å². The number of aromatic nitrogens is 2. The Morgan fingerprint density at radius 1 is 1.19 bits per heavy atom. The van der Waals surface area contributed by atoms with E-state index in [2.05, 4.69) is 16.3 Å². The van der Waals surface area contributed by atoms with Gasteiger partial charge in [-0.3, -0.25) is 10.00 Å². The second-order valence-electron chi connectivity index (χ2n) is 6.51. The van der Waals surface area contributed by atoms with Gasteiger partial charge >= 0.3 is 0 Å². The molecule has 1 fully saturated rings. The third kappa shape index (κ3) is 3.69. The maximum atomic E-state index is 12.9. The molecule has 1 aliphatic rings. The number of sulfonamides is 1. The highest BCUT2D eigenvalue weighted by Gasteiger charge is 2.34. The number of hydrogen-bond donors (Lipinski definition) is 1. The summed E-state index contributed by atoms with van der Waals surface area (Å²) in [6, 6.07) is 9.30. The molecule has 1 saturated heterocycles. The minimum absolute atomic E-state index is 0.253. The smallest absolute Gasteiger partial charge is 0.246 e. The molecule has 0 radical (unpaired) electrons. The van der Waals surface area contributed by atoms with E-state index in [1.807, 2.05) is 29.2 Å². The van der Waals surface area contributed by atoms with Crippen LogP contribution in [0.15, 0.2) is 29.2 Å². The lowest BCUT2D eigenvalue weighted by Gasteiger charge is -2.36. The summed E-state index contributed by atoms with van der Waals surface area (Å²) in [5.74, 6) is 0.734. The van der Waals surface area contributed by atoms with Crippen LogP contribution < -0.4 is 4.74 Å². The summed E-state index contributed by atoms with van der Waals surface area (Å²) in [6.07, 6.45) is 0. The Labute approximate surface area is 159 Å². The van der Waals surface area contributed by atoms with E-state index >= 15 is 0 Å². The van der Waals surface area contributed by atoms with Crippen molar-refractivity contribution in [3.05, 3.63) is 41.2 Å². The van der Waals surface area contributed by atoms with Crippen LogP contribution in [0.5, 0.6) is 5.75 Å². The van der Waals surface area contributed by atoms with Crippen LogP contribution in [0.25, 0.3) is 0 Å². The lowest BCUT2D eigenvalue weighted by Crippen LogP contribution is -2.49. The van der Waals surface area contributed by atoms with E-state index in [0.717, 1.165) is 11.3 Å². The Balaban J connectivity index is 1.73. The summed E-state index contributed by atoms with van der Waals surface area (Å²) in [4.78, 5) is 2.26. The van der Waals surface area contributed by atoms with Crippen LogP contribution in [0.2, 0.25) is 0 Å². The molecule has 0 saturated carbocycles. The van der Waals surface area contributed by atoms with Crippen LogP contribution in [0.3, 0.4) is 0 Å². The van der Waals surface area contributed by atoms with E-state index < -0.39 is 16.1 Å². The highest BCUT2D eigenvalue weighted by molar-refractivity contribution is 7.89. The Kier molecular flexibility index (Phi) is 5.51. The van der Waals surface area contributed by atoms with Gasteiger partial charge in [-0.15, -0.1) is 0 Å². The van der Waals surface area contributed by atoms with Crippen LogP contribution in [0, 0.1) is 25.2 Å². The third-order valence-corrected chi connectivity index (χ3v) is 7.01. The fourth-order valence-corrected chi connectivity index (χ4v) is 5.16. The molecule has 1 aromatic carbocycles. The zero-order chi connectivity index (χ0) is 19.6. The van der Waals surface area contributed by atoms with Gasteiger partial charge in [0.25, 0.3) is 0 Å². The van der Waals surface area contributed by atoms with Gasteiger partial charge in [-0.1, -0.05) is 12.1 Å². The zero-order valence-corrected chi connectivity index (χ0v) is 16.5. The minimum atomic E-state index is -3.60. The Hall–Kier alpha value is -2.41. The molecule has 1 unspecified atom stereocenters. The van der Waals surface area contributed by atoms with Gasteiger partial charge < -0.3 is 4.74 Å². The van der Waals surface area contributed by atoms with Gasteiger partial charge in [-0.05, 0) is 31.5 Å². The van der Waals surface area contributed by atoms with Crippen molar-refractivity contribution in [3.63, 3.8) is 0 Å². The molecule has 144 valence electrons. The van der Waals surface area contributed by atoms with Gasteiger partial charge in [-0.2, -0.15) is 14.7 Å². The first-order valence-electron chi connectivity index (χ1n) is 8.68. The molecule has 3 rings (SSSR count). The molecule has 2 heterocycles. The topological polar surface area (TPSA) is 102 Å². The summed E-state index contributed by atoms with van der Waals surface area (Å²) in [6.45, 7) is 5.03. The second kappa shape index (κ2) is 7.68. The molecular formula is C18H23N5O3S. The summed E-state index contributed by atoms with van der Waals surface area (Å²) >= 11 is 0. The predicted octanol–water partition coefficient (Wildman–Crippen LogP) is 1.61. The highest BCUT2D eigenvalue weighted by atomic mass is 32.2. The van der Waals surface area contributed by atoms with E-state index in [-0.39, 0.29) is 4.90 Å². The van der Waals surface area contributed by atoms with Crippen molar-refractivity contribution in [2.24, 2.45) is 0 Å². The molecule has 27 heavy (non-hydrogen) atoms. The summed E-state index contributed by atoms with van der Waals surface area (Å²) in [5, 5.41) is 16.4. The number of aromatic amines is 1. The van der Waals surface area contributed by atoms with Gasteiger partial charge in [0.2, 0.25) is 10.0 Å². The Morgan fingerprint density at radius 2 is 1.81 bits per heavy atom. The van der Waals surface area contributed by atoms with Crippen molar-refractivity contribution < 1.29 is 13.2 Å². The molecule has 9 heteroatoms. The van der Waals surface area contributed by atoms with Crippen molar-refractivity contribution in [2.45, 2.75) is 24.8 Å².